The fourth-order valence-electron chi connectivity index (χ4n) is 3.53. The number of anilines is 2. The first-order chi connectivity index (χ1) is 12.7. The Bertz CT molecular complexity index is 891. The molecular formula is C20H20N4O2. The van der Waals surface area contributed by atoms with E-state index in [4.69, 9.17) is 0 Å². The Morgan fingerprint density at radius 3 is 2.35 bits per heavy atom. The van der Waals surface area contributed by atoms with Crippen molar-refractivity contribution >= 4 is 23.2 Å². The minimum absolute atomic E-state index is 0.278. The fourth-order valence-corrected chi connectivity index (χ4v) is 3.53. The number of amides is 2. The molecule has 0 spiro atoms. The SMILES string of the molecule is CCc1ccc(N2C(=O)C3N=NN(c4ccccc4CC)C3C2=O)cc1. The van der Waals surface area contributed by atoms with Crippen molar-refractivity contribution in [3.05, 3.63) is 59.7 Å². The van der Waals surface area contributed by atoms with Crippen LogP contribution in [0.2, 0.25) is 0 Å². The molecule has 2 aromatic carbocycles. The summed E-state index contributed by atoms with van der Waals surface area (Å²) >= 11 is 0. The van der Waals surface area contributed by atoms with E-state index < -0.39 is 12.1 Å². The monoisotopic (exact) mass is 348 g/mol. The summed E-state index contributed by atoms with van der Waals surface area (Å²) in [6.45, 7) is 4.11. The van der Waals surface area contributed by atoms with Crippen molar-refractivity contribution in [3.8, 4) is 0 Å². The van der Waals surface area contributed by atoms with Crippen molar-refractivity contribution in [2.24, 2.45) is 10.3 Å². The van der Waals surface area contributed by atoms with Gasteiger partial charge in [-0.2, -0.15) is 5.11 Å². The van der Waals surface area contributed by atoms with Crippen LogP contribution in [-0.4, -0.2) is 23.9 Å². The van der Waals surface area contributed by atoms with Crippen LogP contribution in [0.15, 0.2) is 58.9 Å². The molecule has 2 unspecified atom stereocenters. The number of carbonyl (C=O) groups excluding carboxylic acids is 2. The van der Waals surface area contributed by atoms with E-state index in [2.05, 4.69) is 17.3 Å². The first kappa shape index (κ1) is 16.4. The molecule has 0 radical (unpaired) electrons. The summed E-state index contributed by atoms with van der Waals surface area (Å²) < 4.78 is 0. The minimum atomic E-state index is -0.779. The number of aryl methyl sites for hydroxylation is 2. The van der Waals surface area contributed by atoms with Crippen LogP contribution in [0.25, 0.3) is 0 Å². The highest BCUT2D eigenvalue weighted by atomic mass is 16.2. The Morgan fingerprint density at radius 2 is 1.65 bits per heavy atom. The van der Waals surface area contributed by atoms with Crippen LogP contribution < -0.4 is 9.91 Å². The summed E-state index contributed by atoms with van der Waals surface area (Å²) in [5.74, 6) is -0.593. The van der Waals surface area contributed by atoms with Gasteiger partial charge in [0, 0.05) is 0 Å². The maximum absolute atomic E-state index is 13.1. The largest absolute Gasteiger partial charge is 0.271 e. The van der Waals surface area contributed by atoms with Crippen molar-refractivity contribution in [1.29, 1.82) is 0 Å². The van der Waals surface area contributed by atoms with Gasteiger partial charge in [0.25, 0.3) is 11.8 Å². The number of benzene rings is 2. The Kier molecular flexibility index (Phi) is 4.03. The zero-order chi connectivity index (χ0) is 18.3. The van der Waals surface area contributed by atoms with Crippen LogP contribution in [0.4, 0.5) is 11.4 Å². The van der Waals surface area contributed by atoms with Gasteiger partial charge < -0.3 is 0 Å². The Balaban J connectivity index is 1.69. The van der Waals surface area contributed by atoms with Gasteiger partial charge in [-0.15, -0.1) is 0 Å². The van der Waals surface area contributed by atoms with Gasteiger partial charge in [0.2, 0.25) is 0 Å². The average Bonchev–Trinajstić information content (AvgIpc) is 3.22. The van der Waals surface area contributed by atoms with Crippen LogP contribution in [0.5, 0.6) is 0 Å². The van der Waals surface area contributed by atoms with Crippen LogP contribution >= 0.6 is 0 Å². The average molecular weight is 348 g/mol. The van der Waals surface area contributed by atoms with Crippen molar-refractivity contribution in [2.75, 3.05) is 9.91 Å². The molecule has 2 aliphatic rings. The predicted molar refractivity (Wildman–Crippen MR) is 99.0 cm³/mol. The van der Waals surface area contributed by atoms with Crippen LogP contribution in [-0.2, 0) is 22.4 Å². The molecule has 1 saturated heterocycles. The third-order valence-corrected chi connectivity index (χ3v) is 5.00. The van der Waals surface area contributed by atoms with Gasteiger partial charge in [-0.1, -0.05) is 49.4 Å². The summed E-state index contributed by atoms with van der Waals surface area (Å²) in [5, 5.41) is 9.86. The number of imide groups is 1. The highest BCUT2D eigenvalue weighted by Gasteiger charge is 2.55. The minimum Gasteiger partial charge on any atom is -0.271 e. The molecule has 26 heavy (non-hydrogen) atoms. The van der Waals surface area contributed by atoms with E-state index in [1.165, 1.54) is 4.90 Å². The lowest BCUT2D eigenvalue weighted by Crippen LogP contribution is -2.40. The molecule has 2 atom stereocenters. The second-order valence-electron chi connectivity index (χ2n) is 6.45. The lowest BCUT2D eigenvalue weighted by atomic mass is 10.1. The Hall–Kier alpha value is -3.02. The highest BCUT2D eigenvalue weighted by Crippen LogP contribution is 2.36. The first-order valence-electron chi connectivity index (χ1n) is 8.90. The molecule has 6 nitrogen and oxygen atoms in total. The zero-order valence-electron chi connectivity index (χ0n) is 14.8. The van der Waals surface area contributed by atoms with E-state index in [1.807, 2.05) is 55.5 Å². The molecule has 0 aromatic heterocycles. The predicted octanol–water partition coefficient (Wildman–Crippen LogP) is 3.31. The summed E-state index contributed by atoms with van der Waals surface area (Å²) in [7, 11) is 0. The first-order valence-corrected chi connectivity index (χ1v) is 8.90. The van der Waals surface area contributed by atoms with Crippen LogP contribution in [0, 0.1) is 0 Å². The fraction of sp³-hybridized carbons (Fsp3) is 0.300. The summed E-state index contributed by atoms with van der Waals surface area (Å²) in [5.41, 5.74) is 3.64. The van der Waals surface area contributed by atoms with Gasteiger partial charge in [-0.05, 0) is 42.2 Å². The van der Waals surface area contributed by atoms with Gasteiger partial charge in [0.15, 0.2) is 12.1 Å². The smallest absolute Gasteiger partial charge is 0.263 e. The lowest BCUT2D eigenvalue weighted by Gasteiger charge is -2.22. The number of nitrogens with zero attached hydrogens (tertiary/aromatic N) is 4. The van der Waals surface area contributed by atoms with Gasteiger partial charge in [-0.25, -0.2) is 9.91 Å². The van der Waals surface area contributed by atoms with E-state index in [-0.39, 0.29) is 11.8 Å². The second-order valence-corrected chi connectivity index (χ2v) is 6.45. The van der Waals surface area contributed by atoms with Crippen LogP contribution in [0.1, 0.15) is 25.0 Å². The lowest BCUT2D eigenvalue weighted by molar-refractivity contribution is -0.121. The number of rotatable bonds is 4. The van der Waals surface area contributed by atoms with Crippen LogP contribution in [0.3, 0.4) is 0 Å². The molecule has 2 amide bonds. The molecule has 1 fully saturated rings. The van der Waals surface area contributed by atoms with Crippen molar-refractivity contribution < 1.29 is 9.59 Å². The van der Waals surface area contributed by atoms with Gasteiger partial charge in [0.1, 0.15) is 0 Å². The molecule has 0 bridgehead atoms. The van der Waals surface area contributed by atoms with E-state index in [1.54, 1.807) is 5.01 Å². The maximum Gasteiger partial charge on any atom is 0.263 e. The molecule has 6 heteroatoms. The van der Waals surface area contributed by atoms with Gasteiger partial charge in [-0.3, -0.25) is 9.59 Å². The van der Waals surface area contributed by atoms with E-state index in [0.29, 0.717) is 5.69 Å². The Morgan fingerprint density at radius 1 is 0.923 bits per heavy atom. The Labute approximate surface area is 152 Å². The zero-order valence-corrected chi connectivity index (χ0v) is 14.8. The number of hydrogen-bond acceptors (Lipinski definition) is 5. The third kappa shape index (κ3) is 2.41. The molecule has 0 aliphatic carbocycles. The number of fused-ring (bicyclic) bond motifs is 1. The summed E-state index contributed by atoms with van der Waals surface area (Å²) in [6.07, 6.45) is 1.72. The molecule has 0 saturated carbocycles. The van der Waals surface area contributed by atoms with Crippen molar-refractivity contribution in [3.63, 3.8) is 0 Å². The highest BCUT2D eigenvalue weighted by molar-refractivity contribution is 6.26. The van der Waals surface area contributed by atoms with E-state index in [9.17, 15) is 9.59 Å². The molecule has 2 heterocycles. The van der Waals surface area contributed by atoms with Crippen molar-refractivity contribution in [1.82, 2.24) is 0 Å². The summed E-state index contributed by atoms with van der Waals surface area (Å²) in [6, 6.07) is 13.8. The van der Waals surface area contributed by atoms with Gasteiger partial charge in [0.05, 0.1) is 11.4 Å². The molecule has 2 aliphatic heterocycles. The topological polar surface area (TPSA) is 65.3 Å². The number of carbonyl (C=O) groups is 2. The standard InChI is InChI=1S/C20H20N4O2/c1-3-13-9-11-15(12-10-13)23-19(25)17-18(20(23)26)24(22-21-17)16-8-6-5-7-14(16)4-2/h5-12,17-18H,3-4H2,1-2H3. The second kappa shape index (κ2) is 6.37. The number of para-hydroxylation sites is 1. The molecule has 132 valence electrons. The van der Waals surface area contributed by atoms with E-state index in [0.717, 1.165) is 29.7 Å². The van der Waals surface area contributed by atoms with Crippen molar-refractivity contribution in [2.45, 2.75) is 38.8 Å². The molecule has 4 rings (SSSR count). The molecule has 0 N–H and O–H groups in total. The maximum atomic E-state index is 13.1. The molecule has 2 aromatic rings. The van der Waals surface area contributed by atoms with E-state index >= 15 is 0 Å². The molecular weight excluding hydrogens is 328 g/mol. The number of hydrogen-bond donors (Lipinski definition) is 0. The van der Waals surface area contributed by atoms with Gasteiger partial charge >= 0.3 is 0 Å². The normalized spacial score (nSPS) is 21.6. The summed E-state index contributed by atoms with van der Waals surface area (Å²) in [4.78, 5) is 27.1. The third-order valence-electron chi connectivity index (χ3n) is 5.00. The quantitative estimate of drug-likeness (QED) is 0.796.